The van der Waals surface area contributed by atoms with Crippen LogP contribution in [-0.2, 0) is 4.79 Å². The lowest BCUT2D eigenvalue weighted by Gasteiger charge is -2.28. The third-order valence-corrected chi connectivity index (χ3v) is 6.12. The van der Waals surface area contributed by atoms with Crippen molar-refractivity contribution in [2.75, 3.05) is 26.2 Å². The van der Waals surface area contributed by atoms with Crippen molar-refractivity contribution < 1.29 is 9.59 Å². The van der Waals surface area contributed by atoms with Crippen molar-refractivity contribution in [3.63, 3.8) is 0 Å². The smallest absolute Gasteiger partial charge is 0.253 e. The van der Waals surface area contributed by atoms with Gasteiger partial charge in [-0.1, -0.05) is 47.5 Å². The highest BCUT2D eigenvalue weighted by Gasteiger charge is 2.27. The van der Waals surface area contributed by atoms with E-state index < -0.39 is 0 Å². The Bertz CT molecular complexity index is 891. The van der Waals surface area contributed by atoms with E-state index in [1.54, 1.807) is 12.1 Å². The first-order valence-corrected chi connectivity index (χ1v) is 11.0. The van der Waals surface area contributed by atoms with Crippen molar-refractivity contribution in [2.45, 2.75) is 32.4 Å². The number of nitrogens with zero attached hydrogens (tertiary/aromatic N) is 2. The van der Waals surface area contributed by atoms with Gasteiger partial charge in [-0.05, 0) is 50.1 Å². The van der Waals surface area contributed by atoms with E-state index in [9.17, 15) is 9.59 Å². The Morgan fingerprint density at radius 1 is 0.967 bits per heavy atom. The Morgan fingerprint density at radius 3 is 2.40 bits per heavy atom. The van der Waals surface area contributed by atoms with Crippen LogP contribution in [0, 0.1) is 0 Å². The molecule has 2 amide bonds. The molecule has 0 saturated carbocycles. The highest BCUT2D eigenvalue weighted by Crippen LogP contribution is 2.26. The lowest BCUT2D eigenvalue weighted by Crippen LogP contribution is -2.47. The number of amides is 2. The van der Waals surface area contributed by atoms with Crippen molar-refractivity contribution in [1.29, 1.82) is 0 Å². The predicted octanol–water partition coefficient (Wildman–Crippen LogP) is 4.41. The van der Waals surface area contributed by atoms with E-state index in [1.807, 2.05) is 55.1 Å². The highest BCUT2D eigenvalue weighted by atomic mass is 35.5. The maximum atomic E-state index is 12.9. The molecule has 160 valence electrons. The third kappa shape index (κ3) is 5.54. The molecule has 2 aromatic carbocycles. The number of halogens is 2. The monoisotopic (exact) mass is 447 g/mol. The minimum absolute atomic E-state index is 0.0422. The molecule has 1 N–H and O–H groups in total. The van der Waals surface area contributed by atoms with Crippen LogP contribution in [0.3, 0.4) is 0 Å². The normalized spacial score (nSPS) is 17.1. The molecule has 3 rings (SSSR count). The van der Waals surface area contributed by atoms with Crippen LogP contribution in [0.15, 0.2) is 48.5 Å². The van der Waals surface area contributed by atoms with E-state index in [4.69, 9.17) is 23.2 Å². The molecule has 0 spiro atoms. The minimum atomic E-state index is -0.301. The van der Waals surface area contributed by atoms with E-state index in [1.165, 1.54) is 0 Å². The maximum Gasteiger partial charge on any atom is 0.253 e. The largest absolute Gasteiger partial charge is 0.348 e. The van der Waals surface area contributed by atoms with Crippen LogP contribution in [0.5, 0.6) is 0 Å². The van der Waals surface area contributed by atoms with Gasteiger partial charge in [0.05, 0.1) is 12.1 Å². The summed E-state index contributed by atoms with van der Waals surface area (Å²) in [6.45, 7) is 6.52. The van der Waals surface area contributed by atoms with Gasteiger partial charge in [0.2, 0.25) is 5.91 Å². The molecule has 5 nitrogen and oxygen atoms in total. The van der Waals surface area contributed by atoms with E-state index >= 15 is 0 Å². The summed E-state index contributed by atoms with van der Waals surface area (Å²) in [7, 11) is 0. The summed E-state index contributed by atoms with van der Waals surface area (Å²) in [6.07, 6.45) is 0.828. The van der Waals surface area contributed by atoms with Gasteiger partial charge in [0.1, 0.15) is 0 Å². The molecule has 1 aliphatic heterocycles. The van der Waals surface area contributed by atoms with Gasteiger partial charge in [0.25, 0.3) is 5.91 Å². The number of nitrogens with one attached hydrogen (secondary N) is 1. The maximum absolute atomic E-state index is 12.9. The molecule has 7 heteroatoms. The Labute approximate surface area is 187 Å². The Hall–Kier alpha value is -2.08. The van der Waals surface area contributed by atoms with Crippen LogP contribution in [-0.4, -0.2) is 53.8 Å². The number of rotatable bonds is 5. The summed E-state index contributed by atoms with van der Waals surface area (Å²) in [5, 5.41) is 4.14. The summed E-state index contributed by atoms with van der Waals surface area (Å²) in [6, 6.07) is 14.1. The van der Waals surface area contributed by atoms with Crippen LogP contribution < -0.4 is 5.32 Å². The second-order valence-corrected chi connectivity index (χ2v) is 8.46. The molecule has 0 bridgehead atoms. The average Bonchev–Trinajstić information content (AvgIpc) is 2.99. The van der Waals surface area contributed by atoms with Gasteiger partial charge in [-0.25, -0.2) is 0 Å². The zero-order chi connectivity index (χ0) is 21.7. The second kappa shape index (κ2) is 10.3. The van der Waals surface area contributed by atoms with E-state index in [-0.39, 0.29) is 23.9 Å². The van der Waals surface area contributed by atoms with Crippen molar-refractivity contribution in [3.8, 4) is 0 Å². The van der Waals surface area contributed by atoms with Crippen LogP contribution in [0.1, 0.15) is 42.2 Å². The molecule has 0 aliphatic carbocycles. The van der Waals surface area contributed by atoms with Gasteiger partial charge >= 0.3 is 0 Å². The summed E-state index contributed by atoms with van der Waals surface area (Å²) >= 11 is 12.2. The lowest BCUT2D eigenvalue weighted by molar-refractivity contribution is -0.126. The topological polar surface area (TPSA) is 52.7 Å². The van der Waals surface area contributed by atoms with Gasteiger partial charge in [-0.3, -0.25) is 14.5 Å². The molecular weight excluding hydrogens is 421 g/mol. The molecule has 1 fully saturated rings. The zero-order valence-corrected chi connectivity index (χ0v) is 18.8. The van der Waals surface area contributed by atoms with Crippen LogP contribution in [0.4, 0.5) is 0 Å². The molecular formula is C23H27Cl2N3O2. The molecule has 2 aromatic rings. The second-order valence-electron chi connectivity index (χ2n) is 7.62. The molecule has 1 saturated heterocycles. The van der Waals surface area contributed by atoms with Crippen LogP contribution >= 0.6 is 23.2 Å². The average molecular weight is 448 g/mol. The SMILES string of the molecule is CC(NC(=O)C(C)N1CCCN(C(=O)c2ccccc2)CC1)c1ccc(Cl)cc1Cl. The minimum Gasteiger partial charge on any atom is -0.348 e. The van der Waals surface area contributed by atoms with Gasteiger partial charge in [0, 0.05) is 41.8 Å². The third-order valence-electron chi connectivity index (χ3n) is 5.55. The molecule has 30 heavy (non-hydrogen) atoms. The predicted molar refractivity (Wildman–Crippen MR) is 121 cm³/mol. The number of carbonyl (C=O) groups is 2. The first-order valence-electron chi connectivity index (χ1n) is 10.2. The summed E-state index contributed by atoms with van der Waals surface area (Å²) < 4.78 is 0. The van der Waals surface area contributed by atoms with Gasteiger partial charge in [-0.2, -0.15) is 0 Å². The Balaban J connectivity index is 1.58. The first kappa shape index (κ1) is 22.6. The van der Waals surface area contributed by atoms with Gasteiger partial charge < -0.3 is 10.2 Å². The lowest BCUT2D eigenvalue weighted by atomic mass is 10.1. The van der Waals surface area contributed by atoms with Crippen LogP contribution in [0.25, 0.3) is 0 Å². The molecule has 0 aromatic heterocycles. The Morgan fingerprint density at radius 2 is 1.70 bits per heavy atom. The van der Waals surface area contributed by atoms with E-state index in [2.05, 4.69) is 10.2 Å². The fourth-order valence-corrected chi connectivity index (χ4v) is 4.29. The summed E-state index contributed by atoms with van der Waals surface area (Å²) in [4.78, 5) is 29.6. The molecule has 2 unspecified atom stereocenters. The van der Waals surface area contributed by atoms with Crippen molar-refractivity contribution in [1.82, 2.24) is 15.1 Å². The fraction of sp³-hybridized carbons (Fsp3) is 0.391. The van der Waals surface area contributed by atoms with Crippen LogP contribution in [0.2, 0.25) is 10.0 Å². The standard InChI is InChI=1S/C23H27Cl2N3O2/c1-16(20-10-9-19(24)15-21(20)25)26-22(29)17(2)27-11-6-12-28(14-13-27)23(30)18-7-4-3-5-8-18/h3-5,7-10,15-17H,6,11-14H2,1-2H3,(H,26,29). The number of carbonyl (C=O) groups excluding carboxylic acids is 2. The quantitative estimate of drug-likeness (QED) is 0.738. The van der Waals surface area contributed by atoms with Crippen molar-refractivity contribution >= 4 is 35.0 Å². The summed E-state index contributed by atoms with van der Waals surface area (Å²) in [5.74, 6) is -0.0168. The van der Waals surface area contributed by atoms with Crippen molar-refractivity contribution in [2.24, 2.45) is 0 Å². The number of hydrogen-bond donors (Lipinski definition) is 1. The fourth-order valence-electron chi connectivity index (χ4n) is 3.72. The molecule has 2 atom stereocenters. The zero-order valence-electron chi connectivity index (χ0n) is 17.3. The van der Waals surface area contributed by atoms with Gasteiger partial charge in [-0.15, -0.1) is 0 Å². The number of hydrogen-bond acceptors (Lipinski definition) is 3. The molecule has 0 radical (unpaired) electrons. The Kier molecular flexibility index (Phi) is 7.75. The number of benzene rings is 2. The summed E-state index contributed by atoms with van der Waals surface area (Å²) in [5.41, 5.74) is 1.53. The van der Waals surface area contributed by atoms with E-state index in [0.717, 1.165) is 18.5 Å². The first-order chi connectivity index (χ1) is 14.4. The van der Waals surface area contributed by atoms with Gasteiger partial charge in [0.15, 0.2) is 0 Å². The molecule has 1 aliphatic rings. The molecule has 1 heterocycles. The van der Waals surface area contributed by atoms with E-state index in [0.29, 0.717) is 35.2 Å². The highest BCUT2D eigenvalue weighted by molar-refractivity contribution is 6.35. The van der Waals surface area contributed by atoms with Crippen molar-refractivity contribution in [3.05, 3.63) is 69.7 Å².